The van der Waals surface area contributed by atoms with Crippen molar-refractivity contribution in [2.75, 3.05) is 11.9 Å². The van der Waals surface area contributed by atoms with Gasteiger partial charge in [-0.25, -0.2) is 19.3 Å². The Kier molecular flexibility index (Phi) is 7.18. The Balaban J connectivity index is 1.26. The van der Waals surface area contributed by atoms with Gasteiger partial charge in [0.15, 0.2) is 0 Å². The summed E-state index contributed by atoms with van der Waals surface area (Å²) in [6, 6.07) is 17.9. The van der Waals surface area contributed by atoms with Gasteiger partial charge in [-0.3, -0.25) is 5.41 Å². The first-order valence-electron chi connectivity index (χ1n) is 13.6. The standard InChI is InChI=1S/C31H30FN7O/c32-22-11-9-21(10-12-22)29-30(26-17-18-35-31(37-26)36-23-7-4-8-23)39-24(13-16-28(39)38-29)19-40-27(34)15-14-25(33)20-5-2-1-3-6-20/h1-3,5-6,9-12,14-15,17-18,23-24,33-34H,4,7-8,13,16,19H2,(H,35,36,37)/b15-14-,33-25?,34-27?. The number of imidazole rings is 1. The number of halogens is 1. The molecular weight excluding hydrogens is 505 g/mol. The van der Waals surface area contributed by atoms with Gasteiger partial charge in [0.1, 0.15) is 18.2 Å². The maximum atomic E-state index is 13.7. The van der Waals surface area contributed by atoms with Crippen LogP contribution in [-0.4, -0.2) is 43.8 Å². The fraction of sp³-hybridized carbons (Fsp3) is 0.258. The van der Waals surface area contributed by atoms with Crippen molar-refractivity contribution < 1.29 is 9.13 Å². The topological polar surface area (TPSA) is 113 Å². The monoisotopic (exact) mass is 535 g/mol. The lowest BCUT2D eigenvalue weighted by Crippen LogP contribution is -2.28. The van der Waals surface area contributed by atoms with Gasteiger partial charge in [0, 0.05) is 30.3 Å². The number of hydrogen-bond acceptors (Lipinski definition) is 7. The number of nitrogens with one attached hydrogen (secondary N) is 3. The molecule has 40 heavy (non-hydrogen) atoms. The summed E-state index contributed by atoms with van der Waals surface area (Å²) < 4.78 is 21.7. The molecule has 8 nitrogen and oxygen atoms in total. The number of rotatable bonds is 9. The van der Waals surface area contributed by atoms with Gasteiger partial charge in [0.25, 0.3) is 0 Å². The van der Waals surface area contributed by atoms with Crippen LogP contribution in [0.2, 0.25) is 0 Å². The molecule has 9 heteroatoms. The van der Waals surface area contributed by atoms with Crippen LogP contribution in [0.15, 0.2) is 79.0 Å². The lowest BCUT2D eigenvalue weighted by atomic mass is 9.93. The van der Waals surface area contributed by atoms with E-state index < -0.39 is 0 Å². The third kappa shape index (κ3) is 5.40. The van der Waals surface area contributed by atoms with E-state index in [9.17, 15) is 4.39 Å². The van der Waals surface area contributed by atoms with Gasteiger partial charge in [0.05, 0.1) is 28.8 Å². The van der Waals surface area contributed by atoms with Crippen molar-refractivity contribution in [2.24, 2.45) is 0 Å². The van der Waals surface area contributed by atoms with Crippen LogP contribution in [0.5, 0.6) is 0 Å². The van der Waals surface area contributed by atoms with Crippen molar-refractivity contribution in [1.29, 1.82) is 10.8 Å². The number of aromatic nitrogens is 4. The first-order chi connectivity index (χ1) is 19.5. The summed E-state index contributed by atoms with van der Waals surface area (Å²) in [5.74, 6) is 1.18. The summed E-state index contributed by atoms with van der Waals surface area (Å²) in [6.07, 6.45) is 9.83. The quantitative estimate of drug-likeness (QED) is 0.174. The molecule has 1 saturated carbocycles. The van der Waals surface area contributed by atoms with Crippen molar-refractivity contribution >= 4 is 17.6 Å². The molecule has 0 saturated heterocycles. The highest BCUT2D eigenvalue weighted by molar-refractivity contribution is 6.08. The number of nitrogens with zero attached hydrogens (tertiary/aromatic N) is 4. The number of hydrogen-bond donors (Lipinski definition) is 3. The molecule has 1 unspecified atom stereocenters. The largest absolute Gasteiger partial charge is 0.476 e. The molecule has 0 radical (unpaired) electrons. The molecule has 3 N–H and O–H groups in total. The van der Waals surface area contributed by atoms with Crippen molar-refractivity contribution in [3.05, 3.63) is 96.2 Å². The van der Waals surface area contributed by atoms with E-state index in [2.05, 4.69) is 14.9 Å². The zero-order valence-electron chi connectivity index (χ0n) is 22.0. The second kappa shape index (κ2) is 11.2. The van der Waals surface area contributed by atoms with Crippen LogP contribution in [0.4, 0.5) is 10.3 Å². The molecule has 1 aliphatic carbocycles. The number of aryl methyl sites for hydroxylation is 1. The molecule has 0 spiro atoms. The lowest BCUT2D eigenvalue weighted by molar-refractivity contribution is 0.244. The van der Waals surface area contributed by atoms with Crippen molar-refractivity contribution in [3.8, 4) is 22.6 Å². The fourth-order valence-electron chi connectivity index (χ4n) is 5.09. The minimum absolute atomic E-state index is 0.0106. The van der Waals surface area contributed by atoms with E-state index in [1.54, 1.807) is 24.4 Å². The molecule has 2 aromatic heterocycles. The predicted molar refractivity (Wildman–Crippen MR) is 153 cm³/mol. The summed E-state index contributed by atoms with van der Waals surface area (Å²) in [6.45, 7) is 0.277. The van der Waals surface area contributed by atoms with Gasteiger partial charge < -0.3 is 20.0 Å². The Morgan fingerprint density at radius 1 is 1.00 bits per heavy atom. The normalized spacial score (nSPS) is 16.5. The highest BCUT2D eigenvalue weighted by Crippen LogP contribution is 2.39. The predicted octanol–water partition coefficient (Wildman–Crippen LogP) is 6.22. The van der Waals surface area contributed by atoms with Gasteiger partial charge in [0.2, 0.25) is 11.8 Å². The molecular formula is C31H30FN7O. The molecule has 202 valence electrons. The number of allylic oxidation sites excluding steroid dienone is 1. The minimum atomic E-state index is -0.302. The maximum absolute atomic E-state index is 13.7. The average Bonchev–Trinajstić information content (AvgIpc) is 3.53. The van der Waals surface area contributed by atoms with Crippen LogP contribution in [0.3, 0.4) is 0 Å². The van der Waals surface area contributed by atoms with E-state index in [4.69, 9.17) is 25.5 Å². The van der Waals surface area contributed by atoms with E-state index in [1.807, 2.05) is 36.4 Å². The Morgan fingerprint density at radius 3 is 2.55 bits per heavy atom. The maximum Gasteiger partial charge on any atom is 0.223 e. The molecule has 1 atom stereocenters. The number of fused-ring (bicyclic) bond motifs is 1. The Morgan fingerprint density at radius 2 is 1.80 bits per heavy atom. The van der Waals surface area contributed by atoms with Crippen molar-refractivity contribution in [2.45, 2.75) is 44.2 Å². The van der Waals surface area contributed by atoms with Crippen molar-refractivity contribution in [3.63, 3.8) is 0 Å². The second-order valence-electron chi connectivity index (χ2n) is 10.1. The minimum Gasteiger partial charge on any atom is -0.476 e. The van der Waals surface area contributed by atoms with E-state index in [1.165, 1.54) is 24.6 Å². The average molecular weight is 536 g/mol. The van der Waals surface area contributed by atoms with Gasteiger partial charge >= 0.3 is 0 Å². The molecule has 3 heterocycles. The molecule has 2 aromatic carbocycles. The second-order valence-corrected chi connectivity index (χ2v) is 10.1. The third-order valence-electron chi connectivity index (χ3n) is 7.42. The van der Waals surface area contributed by atoms with Crippen LogP contribution >= 0.6 is 0 Å². The van der Waals surface area contributed by atoms with Crippen LogP contribution in [0.1, 0.15) is 43.1 Å². The summed E-state index contributed by atoms with van der Waals surface area (Å²) in [5, 5.41) is 19.9. The zero-order valence-corrected chi connectivity index (χ0v) is 22.0. The molecule has 6 rings (SSSR count). The van der Waals surface area contributed by atoms with Gasteiger partial charge in [-0.1, -0.05) is 30.3 Å². The van der Waals surface area contributed by atoms with E-state index in [0.717, 1.165) is 59.7 Å². The Bertz CT molecular complexity index is 1560. The molecule has 0 bridgehead atoms. The Hall–Kier alpha value is -4.66. The number of ether oxygens (including phenoxy) is 1. The van der Waals surface area contributed by atoms with E-state index >= 15 is 0 Å². The van der Waals surface area contributed by atoms with Crippen LogP contribution < -0.4 is 5.32 Å². The SMILES string of the molecule is N=C(/C=C\C(=N)c1ccccc1)OCC1CCc2nc(-c3ccc(F)cc3)c(-c3ccnc(NC4CCC4)n3)n21. The van der Waals surface area contributed by atoms with Gasteiger partial charge in [-0.2, -0.15) is 0 Å². The summed E-state index contributed by atoms with van der Waals surface area (Å²) in [5.41, 5.74) is 4.19. The zero-order chi connectivity index (χ0) is 27.5. The van der Waals surface area contributed by atoms with Crippen molar-refractivity contribution in [1.82, 2.24) is 19.5 Å². The number of benzene rings is 2. The molecule has 1 fully saturated rings. The molecule has 1 aliphatic heterocycles. The Labute approximate surface area is 232 Å². The van der Waals surface area contributed by atoms with Crippen LogP contribution in [-0.2, 0) is 11.2 Å². The third-order valence-corrected chi connectivity index (χ3v) is 7.42. The van der Waals surface area contributed by atoms with Crippen LogP contribution in [0, 0.1) is 16.6 Å². The smallest absolute Gasteiger partial charge is 0.223 e. The molecule has 0 amide bonds. The summed E-state index contributed by atoms with van der Waals surface area (Å²) in [7, 11) is 0. The highest BCUT2D eigenvalue weighted by Gasteiger charge is 2.31. The van der Waals surface area contributed by atoms with E-state index in [-0.39, 0.29) is 24.4 Å². The van der Waals surface area contributed by atoms with Crippen LogP contribution in [0.25, 0.3) is 22.6 Å². The fourth-order valence-corrected chi connectivity index (χ4v) is 5.09. The molecule has 2 aliphatic rings. The lowest BCUT2D eigenvalue weighted by Gasteiger charge is -2.26. The summed E-state index contributed by atoms with van der Waals surface area (Å²) >= 11 is 0. The van der Waals surface area contributed by atoms with Gasteiger partial charge in [-0.15, -0.1) is 0 Å². The molecule has 4 aromatic rings. The highest BCUT2D eigenvalue weighted by atomic mass is 19.1. The number of anilines is 1. The summed E-state index contributed by atoms with van der Waals surface area (Å²) in [4.78, 5) is 14.2. The first-order valence-corrected chi connectivity index (χ1v) is 13.6. The van der Waals surface area contributed by atoms with Gasteiger partial charge in [-0.05, 0) is 67.7 Å². The van der Waals surface area contributed by atoms with E-state index in [0.29, 0.717) is 17.7 Å². The first kappa shape index (κ1) is 25.6.